The van der Waals surface area contributed by atoms with Gasteiger partial charge in [-0.15, -0.1) is 0 Å². The zero-order chi connectivity index (χ0) is 23.2. The summed E-state index contributed by atoms with van der Waals surface area (Å²) in [6.45, 7) is 6.02. The summed E-state index contributed by atoms with van der Waals surface area (Å²) in [5.41, 5.74) is 8.87. The van der Waals surface area contributed by atoms with Gasteiger partial charge in [0.2, 0.25) is 0 Å². The quantitative estimate of drug-likeness (QED) is 0.445. The van der Waals surface area contributed by atoms with Crippen LogP contribution in [0.25, 0.3) is 0 Å². The number of piperidine rings is 1. The summed E-state index contributed by atoms with van der Waals surface area (Å²) >= 11 is 0. The second-order valence-electron chi connectivity index (χ2n) is 10.0. The zero-order valence-electron chi connectivity index (χ0n) is 20.2. The highest BCUT2D eigenvalue weighted by Gasteiger charge is 2.33. The van der Waals surface area contributed by atoms with E-state index in [0.29, 0.717) is 35.1 Å². The highest BCUT2D eigenvalue weighted by Crippen LogP contribution is 2.32. The van der Waals surface area contributed by atoms with Crippen LogP contribution in [0.2, 0.25) is 0 Å². The molecule has 1 saturated carbocycles. The molecule has 3 atom stereocenters. The normalized spacial score (nSPS) is 24.4. The Hall–Kier alpha value is -2.53. The second-order valence-corrected chi connectivity index (χ2v) is 10.0. The van der Waals surface area contributed by atoms with Gasteiger partial charge in [0.15, 0.2) is 0 Å². The lowest BCUT2D eigenvalue weighted by Gasteiger charge is -2.46. The first-order valence-electron chi connectivity index (χ1n) is 12.8. The fourth-order valence-corrected chi connectivity index (χ4v) is 5.74. The number of rotatable bonds is 7. The summed E-state index contributed by atoms with van der Waals surface area (Å²) in [4.78, 5) is 15.4. The van der Waals surface area contributed by atoms with Gasteiger partial charge in [0.25, 0.3) is 5.91 Å². The van der Waals surface area contributed by atoms with Gasteiger partial charge in [-0.1, -0.05) is 38.3 Å². The van der Waals surface area contributed by atoms with Gasteiger partial charge in [0.05, 0.1) is 11.4 Å². The van der Waals surface area contributed by atoms with E-state index in [4.69, 9.17) is 5.73 Å². The molecule has 0 bridgehead atoms. The predicted octanol–water partition coefficient (Wildman–Crippen LogP) is 6.14. The average Bonchev–Trinajstić information content (AvgIpc) is 2.83. The number of para-hydroxylation sites is 2. The van der Waals surface area contributed by atoms with Crippen molar-refractivity contribution < 1.29 is 4.79 Å². The minimum atomic E-state index is -0.143. The number of nitrogens with zero attached hydrogens (tertiary/aromatic N) is 1. The molecule has 1 aliphatic heterocycles. The van der Waals surface area contributed by atoms with Crippen molar-refractivity contribution in [3.05, 3.63) is 54.1 Å². The van der Waals surface area contributed by atoms with Gasteiger partial charge in [0.1, 0.15) is 0 Å². The van der Waals surface area contributed by atoms with Gasteiger partial charge in [-0.3, -0.25) is 9.69 Å². The lowest BCUT2D eigenvalue weighted by atomic mass is 9.85. The van der Waals surface area contributed by atoms with E-state index in [2.05, 4.69) is 29.4 Å². The summed E-state index contributed by atoms with van der Waals surface area (Å²) < 4.78 is 0. The summed E-state index contributed by atoms with van der Waals surface area (Å²) in [6, 6.07) is 16.8. The van der Waals surface area contributed by atoms with E-state index in [9.17, 15) is 4.79 Å². The van der Waals surface area contributed by atoms with E-state index in [-0.39, 0.29) is 5.91 Å². The first-order chi connectivity index (χ1) is 16.0. The third kappa shape index (κ3) is 6.08. The van der Waals surface area contributed by atoms with Crippen LogP contribution >= 0.6 is 0 Å². The van der Waals surface area contributed by atoms with Gasteiger partial charge in [-0.2, -0.15) is 0 Å². The van der Waals surface area contributed by atoms with Crippen LogP contribution in [0, 0.1) is 5.92 Å². The topological polar surface area (TPSA) is 70.4 Å². The molecule has 1 saturated heterocycles. The average molecular weight is 449 g/mol. The molecular formula is C28H40N4O. The Labute approximate surface area is 199 Å². The lowest BCUT2D eigenvalue weighted by Crippen LogP contribution is -2.52. The third-order valence-corrected chi connectivity index (χ3v) is 7.61. The minimum absolute atomic E-state index is 0.143. The second kappa shape index (κ2) is 11.1. The third-order valence-electron chi connectivity index (χ3n) is 7.61. The molecule has 0 radical (unpaired) electrons. The van der Waals surface area contributed by atoms with Crippen LogP contribution in [-0.2, 0) is 0 Å². The smallest absolute Gasteiger partial charge is 0.255 e. The fraction of sp³-hybridized carbons (Fsp3) is 0.536. The summed E-state index contributed by atoms with van der Waals surface area (Å²) in [6.07, 6.45) is 10.6. The fourth-order valence-electron chi connectivity index (χ4n) is 5.74. The highest BCUT2D eigenvalue weighted by molar-refractivity contribution is 6.05. The molecule has 33 heavy (non-hydrogen) atoms. The highest BCUT2D eigenvalue weighted by atomic mass is 16.1. The van der Waals surface area contributed by atoms with Crippen molar-refractivity contribution in [2.45, 2.75) is 83.3 Å². The van der Waals surface area contributed by atoms with Gasteiger partial charge >= 0.3 is 0 Å². The van der Waals surface area contributed by atoms with Gasteiger partial charge in [0, 0.05) is 35.9 Å². The van der Waals surface area contributed by atoms with Crippen molar-refractivity contribution in [2.24, 2.45) is 5.92 Å². The SMILES string of the molecule is CCC1CC(Nc2ccc(C(=O)Nc3ccccc3N)cc2)CC(C)N1CC1CCCCC1. The number of carbonyl (C=O) groups is 1. The number of nitrogens with one attached hydrogen (secondary N) is 2. The van der Waals surface area contributed by atoms with Crippen LogP contribution in [0.5, 0.6) is 0 Å². The molecule has 2 fully saturated rings. The molecule has 2 aromatic carbocycles. The number of amides is 1. The maximum atomic E-state index is 12.6. The molecule has 0 aromatic heterocycles. The van der Waals surface area contributed by atoms with E-state index in [0.717, 1.165) is 11.6 Å². The summed E-state index contributed by atoms with van der Waals surface area (Å²) in [7, 11) is 0. The number of benzene rings is 2. The van der Waals surface area contributed by atoms with Crippen LogP contribution in [0.3, 0.4) is 0 Å². The molecule has 3 unspecified atom stereocenters. The molecular weight excluding hydrogens is 408 g/mol. The lowest BCUT2D eigenvalue weighted by molar-refractivity contribution is 0.0589. The molecule has 4 N–H and O–H groups in total. The largest absolute Gasteiger partial charge is 0.397 e. The van der Waals surface area contributed by atoms with Gasteiger partial charge in [-0.05, 0) is 81.3 Å². The van der Waals surface area contributed by atoms with Crippen LogP contribution in [0.4, 0.5) is 17.1 Å². The Morgan fingerprint density at radius 1 is 1.03 bits per heavy atom. The Morgan fingerprint density at radius 2 is 1.76 bits per heavy atom. The standard InChI is InChI=1S/C28H40N4O/c1-3-25-18-24(17-20(2)32(25)19-21-9-5-4-6-10-21)30-23-15-13-22(14-16-23)28(33)31-27-12-8-7-11-26(27)29/h7-8,11-16,20-21,24-25,30H,3-6,9-10,17-19,29H2,1-2H3,(H,31,33). The maximum absolute atomic E-state index is 12.6. The number of nitrogens with two attached hydrogens (primary N) is 1. The summed E-state index contributed by atoms with van der Waals surface area (Å²) in [5.74, 6) is 0.750. The van der Waals surface area contributed by atoms with Crippen molar-refractivity contribution in [1.82, 2.24) is 4.90 Å². The monoisotopic (exact) mass is 448 g/mol. The van der Waals surface area contributed by atoms with E-state index < -0.39 is 0 Å². The molecule has 5 nitrogen and oxygen atoms in total. The Kier molecular flexibility index (Phi) is 7.92. The van der Waals surface area contributed by atoms with E-state index in [1.807, 2.05) is 42.5 Å². The number of hydrogen-bond donors (Lipinski definition) is 3. The first kappa shape index (κ1) is 23.6. The molecule has 2 aromatic rings. The molecule has 1 amide bonds. The Morgan fingerprint density at radius 3 is 2.45 bits per heavy atom. The molecule has 5 heteroatoms. The van der Waals surface area contributed by atoms with E-state index >= 15 is 0 Å². The predicted molar refractivity (Wildman–Crippen MR) is 139 cm³/mol. The molecule has 2 aliphatic rings. The zero-order valence-corrected chi connectivity index (χ0v) is 20.2. The molecule has 4 rings (SSSR count). The summed E-state index contributed by atoms with van der Waals surface area (Å²) in [5, 5.41) is 6.64. The number of likely N-dealkylation sites (tertiary alicyclic amines) is 1. The van der Waals surface area contributed by atoms with E-state index in [1.54, 1.807) is 6.07 Å². The van der Waals surface area contributed by atoms with Crippen LogP contribution in [-0.4, -0.2) is 35.5 Å². The number of anilines is 3. The molecule has 0 spiro atoms. The molecule has 178 valence electrons. The van der Waals surface area contributed by atoms with Gasteiger partial charge < -0.3 is 16.4 Å². The maximum Gasteiger partial charge on any atom is 0.255 e. The molecule has 1 aliphatic carbocycles. The van der Waals surface area contributed by atoms with E-state index in [1.165, 1.54) is 57.9 Å². The van der Waals surface area contributed by atoms with Crippen molar-refractivity contribution in [3.8, 4) is 0 Å². The van der Waals surface area contributed by atoms with Crippen molar-refractivity contribution in [1.29, 1.82) is 0 Å². The van der Waals surface area contributed by atoms with Crippen molar-refractivity contribution in [2.75, 3.05) is 22.9 Å². The number of nitrogen functional groups attached to an aromatic ring is 1. The van der Waals surface area contributed by atoms with Crippen molar-refractivity contribution in [3.63, 3.8) is 0 Å². The van der Waals surface area contributed by atoms with Gasteiger partial charge in [-0.25, -0.2) is 0 Å². The number of hydrogen-bond acceptors (Lipinski definition) is 4. The van der Waals surface area contributed by atoms with Crippen LogP contribution < -0.4 is 16.4 Å². The Bertz CT molecular complexity index is 906. The number of carbonyl (C=O) groups excluding carboxylic acids is 1. The van der Waals surface area contributed by atoms with Crippen molar-refractivity contribution >= 4 is 23.0 Å². The molecule has 1 heterocycles. The Balaban J connectivity index is 1.33. The van der Waals surface area contributed by atoms with Crippen LogP contribution in [0.15, 0.2) is 48.5 Å². The first-order valence-corrected chi connectivity index (χ1v) is 12.8. The van der Waals surface area contributed by atoms with Crippen LogP contribution in [0.1, 0.15) is 75.6 Å². The minimum Gasteiger partial charge on any atom is -0.397 e.